The van der Waals surface area contributed by atoms with E-state index in [1.807, 2.05) is 6.92 Å². The average Bonchev–Trinajstić information content (AvgIpc) is 3.15. The van der Waals surface area contributed by atoms with Gasteiger partial charge in [0.15, 0.2) is 12.6 Å². The highest BCUT2D eigenvalue weighted by atomic mass is 16.7. The van der Waals surface area contributed by atoms with Gasteiger partial charge in [0, 0.05) is 13.0 Å². The third-order valence-corrected chi connectivity index (χ3v) is 8.85. The molecule has 2 saturated heterocycles. The minimum atomic E-state index is -1.71. The largest absolute Gasteiger partial charge is 0.457 e. The summed E-state index contributed by atoms with van der Waals surface area (Å²) in [7, 11) is 0. The molecule has 7 N–H and O–H groups in total. The Morgan fingerprint density at radius 1 is 0.642 bits per heavy atom. The number of ether oxygens (including phenoxy) is 6. The number of rotatable bonds is 27. The lowest BCUT2D eigenvalue weighted by Gasteiger charge is -2.42. The molecule has 0 spiro atoms. The quantitative estimate of drug-likeness (QED) is 0.0365. The molecule has 0 aliphatic carbocycles. The van der Waals surface area contributed by atoms with Gasteiger partial charge < -0.3 is 64.2 Å². The molecule has 2 heterocycles. The van der Waals surface area contributed by atoms with E-state index >= 15 is 0 Å². The normalized spacial score (nSPS) is 30.3. The van der Waals surface area contributed by atoms with Crippen molar-refractivity contribution in [2.24, 2.45) is 0 Å². The predicted octanol–water partition coefficient (Wildman–Crippen LogP) is 2.50. The molecule has 14 nitrogen and oxygen atoms in total. The van der Waals surface area contributed by atoms with Crippen molar-refractivity contribution in [1.29, 1.82) is 0 Å². The van der Waals surface area contributed by atoms with Crippen LogP contribution in [-0.2, 0) is 33.2 Å². The van der Waals surface area contributed by atoms with Gasteiger partial charge in [0.25, 0.3) is 0 Å². The zero-order chi connectivity index (χ0) is 38.8. The molecule has 53 heavy (non-hydrogen) atoms. The van der Waals surface area contributed by atoms with Crippen molar-refractivity contribution in [3.8, 4) is 0 Å². The van der Waals surface area contributed by atoms with E-state index in [0.29, 0.717) is 13.0 Å². The van der Waals surface area contributed by atoms with Crippen LogP contribution in [0.15, 0.2) is 48.6 Å². The molecule has 2 aliphatic heterocycles. The fourth-order valence-corrected chi connectivity index (χ4v) is 5.62. The molecular formula is C39H66O14. The maximum Gasteiger partial charge on any atom is 0.306 e. The van der Waals surface area contributed by atoms with Crippen LogP contribution in [-0.4, -0.2) is 142 Å². The van der Waals surface area contributed by atoms with E-state index in [1.54, 1.807) is 0 Å². The summed E-state index contributed by atoms with van der Waals surface area (Å²) >= 11 is 0. The number of aliphatic hydroxyl groups excluding tert-OH is 7. The maximum atomic E-state index is 12.5. The number of carbonyl (C=O) groups is 1. The standard InChI is InChI=1S/C39H66O14/c1-3-5-7-8-9-10-11-12-13-14-15-16-17-18-19-21-23-48-25-28(51-31(41)22-20-6-4-2)26-49-38-37(47)35(45)33(43)30(53-38)27-50-39-36(46)34(44)32(42)29(24-40)52-39/h5,7,9-10,12-13,15-16,28-30,32-40,42-47H,3-4,6,8,11,14,17-27H2,1-2H3/b7-5-,10-9-,13-12-,16-15-. The summed E-state index contributed by atoms with van der Waals surface area (Å²) in [6, 6.07) is 0. The van der Waals surface area contributed by atoms with Crippen molar-refractivity contribution in [2.45, 2.75) is 158 Å². The Balaban J connectivity index is 1.79. The first kappa shape index (κ1) is 47.1. The Hall–Kier alpha value is -2.05. The lowest BCUT2D eigenvalue weighted by molar-refractivity contribution is -0.332. The first-order valence-corrected chi connectivity index (χ1v) is 19.2. The second-order valence-corrected chi connectivity index (χ2v) is 13.4. The van der Waals surface area contributed by atoms with Gasteiger partial charge in [-0.1, -0.05) is 81.7 Å². The van der Waals surface area contributed by atoms with Gasteiger partial charge in [-0.05, 0) is 51.4 Å². The van der Waals surface area contributed by atoms with Crippen LogP contribution in [0.25, 0.3) is 0 Å². The van der Waals surface area contributed by atoms with Gasteiger partial charge in [-0.15, -0.1) is 0 Å². The minimum Gasteiger partial charge on any atom is -0.457 e. The number of allylic oxidation sites excluding steroid dienone is 8. The van der Waals surface area contributed by atoms with Crippen LogP contribution in [0.1, 0.15) is 90.9 Å². The summed E-state index contributed by atoms with van der Waals surface area (Å²) < 4.78 is 33.6. The fourth-order valence-electron chi connectivity index (χ4n) is 5.62. The molecular weight excluding hydrogens is 692 g/mol. The van der Waals surface area contributed by atoms with E-state index in [4.69, 9.17) is 28.4 Å². The number of hydrogen-bond acceptors (Lipinski definition) is 14. The van der Waals surface area contributed by atoms with E-state index in [1.165, 1.54) is 0 Å². The lowest BCUT2D eigenvalue weighted by atomic mass is 9.98. The number of aliphatic hydroxyl groups is 7. The molecule has 0 amide bonds. The molecule has 0 aromatic heterocycles. The van der Waals surface area contributed by atoms with Crippen molar-refractivity contribution >= 4 is 5.97 Å². The SMILES string of the molecule is CC/C=C\C/C=C\C/C=C\C/C=C\CCCCCOCC(COC1OC(COC2OC(CO)C(O)C(O)C2O)C(O)C(O)C1O)OC(=O)CCCCC. The van der Waals surface area contributed by atoms with Gasteiger partial charge in [0.05, 0.1) is 26.4 Å². The van der Waals surface area contributed by atoms with Crippen LogP contribution in [0, 0.1) is 0 Å². The summed E-state index contributed by atoms with van der Waals surface area (Å²) in [5.41, 5.74) is 0. The van der Waals surface area contributed by atoms with Gasteiger partial charge in [0.1, 0.15) is 54.9 Å². The molecule has 0 radical (unpaired) electrons. The van der Waals surface area contributed by atoms with Crippen LogP contribution >= 0.6 is 0 Å². The third kappa shape index (κ3) is 18.4. The lowest BCUT2D eigenvalue weighted by Crippen LogP contribution is -2.61. The Kier molecular flexibility index (Phi) is 25.2. The summed E-state index contributed by atoms with van der Waals surface area (Å²) in [5.74, 6) is -0.417. The van der Waals surface area contributed by atoms with Crippen LogP contribution in [0.5, 0.6) is 0 Å². The van der Waals surface area contributed by atoms with Crippen LogP contribution in [0.2, 0.25) is 0 Å². The molecule has 14 heteroatoms. The van der Waals surface area contributed by atoms with E-state index in [0.717, 1.165) is 64.2 Å². The van der Waals surface area contributed by atoms with Crippen molar-refractivity contribution in [3.05, 3.63) is 48.6 Å². The average molecular weight is 759 g/mol. The van der Waals surface area contributed by atoms with E-state index in [-0.39, 0.29) is 19.6 Å². The second-order valence-electron chi connectivity index (χ2n) is 13.4. The zero-order valence-corrected chi connectivity index (χ0v) is 31.5. The van der Waals surface area contributed by atoms with Crippen LogP contribution in [0.4, 0.5) is 0 Å². The van der Waals surface area contributed by atoms with E-state index < -0.39 is 86.7 Å². The molecule has 2 rings (SSSR count). The molecule has 0 saturated carbocycles. The topological polar surface area (TPSA) is 214 Å². The number of esters is 1. The molecule has 2 fully saturated rings. The van der Waals surface area contributed by atoms with Crippen molar-refractivity contribution in [1.82, 2.24) is 0 Å². The molecule has 0 bridgehead atoms. The Morgan fingerprint density at radius 2 is 1.23 bits per heavy atom. The first-order chi connectivity index (χ1) is 25.6. The zero-order valence-electron chi connectivity index (χ0n) is 31.5. The van der Waals surface area contributed by atoms with Gasteiger partial charge in [-0.2, -0.15) is 0 Å². The predicted molar refractivity (Wildman–Crippen MR) is 196 cm³/mol. The Morgan fingerprint density at radius 3 is 1.85 bits per heavy atom. The molecule has 0 aromatic rings. The summed E-state index contributed by atoms with van der Waals surface area (Å²) in [5, 5.41) is 71.3. The first-order valence-electron chi connectivity index (χ1n) is 19.2. The molecule has 306 valence electrons. The van der Waals surface area contributed by atoms with Gasteiger partial charge in [-0.3, -0.25) is 4.79 Å². The molecule has 11 atom stereocenters. The van der Waals surface area contributed by atoms with E-state index in [2.05, 4.69) is 55.5 Å². The van der Waals surface area contributed by atoms with Gasteiger partial charge in [-0.25, -0.2) is 0 Å². The highest BCUT2D eigenvalue weighted by Crippen LogP contribution is 2.26. The van der Waals surface area contributed by atoms with Crippen LogP contribution < -0.4 is 0 Å². The Bertz CT molecular complexity index is 1060. The summed E-state index contributed by atoms with van der Waals surface area (Å²) in [4.78, 5) is 12.5. The maximum absolute atomic E-state index is 12.5. The Labute approximate surface area is 314 Å². The molecule has 11 unspecified atom stereocenters. The summed E-state index contributed by atoms with van der Waals surface area (Å²) in [6.45, 7) is 3.25. The number of hydrogen-bond donors (Lipinski definition) is 7. The number of carbonyl (C=O) groups excluding carboxylic acids is 1. The van der Waals surface area contributed by atoms with E-state index in [9.17, 15) is 40.5 Å². The minimum absolute atomic E-state index is 0.0357. The van der Waals surface area contributed by atoms with Gasteiger partial charge >= 0.3 is 5.97 Å². The van der Waals surface area contributed by atoms with Crippen molar-refractivity contribution in [3.63, 3.8) is 0 Å². The highest BCUT2D eigenvalue weighted by Gasteiger charge is 2.47. The second kappa shape index (κ2) is 28.4. The van der Waals surface area contributed by atoms with Crippen LogP contribution in [0.3, 0.4) is 0 Å². The highest BCUT2D eigenvalue weighted by molar-refractivity contribution is 5.69. The number of unbranched alkanes of at least 4 members (excludes halogenated alkanes) is 5. The smallest absolute Gasteiger partial charge is 0.306 e. The molecule has 0 aromatic carbocycles. The van der Waals surface area contributed by atoms with Crippen molar-refractivity contribution < 1.29 is 69.0 Å². The monoisotopic (exact) mass is 758 g/mol. The summed E-state index contributed by atoms with van der Waals surface area (Å²) in [6.07, 6.45) is 11.5. The molecule has 2 aliphatic rings. The van der Waals surface area contributed by atoms with Gasteiger partial charge in [0.2, 0.25) is 0 Å². The fraction of sp³-hybridized carbons (Fsp3) is 0.769. The van der Waals surface area contributed by atoms with Crippen molar-refractivity contribution in [2.75, 3.05) is 33.0 Å². The third-order valence-electron chi connectivity index (χ3n) is 8.85.